The number of halogens is 2. The van der Waals surface area contributed by atoms with E-state index in [1.54, 1.807) is 45.0 Å². The Morgan fingerprint density at radius 3 is 2.27 bits per heavy atom. The molecule has 0 radical (unpaired) electrons. The molecule has 2 aromatic carbocycles. The minimum atomic E-state index is -0.683. The Morgan fingerprint density at radius 2 is 1.64 bits per heavy atom. The molecule has 0 atom stereocenters. The van der Waals surface area contributed by atoms with Crippen LogP contribution in [0.4, 0.5) is 11.4 Å². The zero-order chi connectivity index (χ0) is 24.5. The lowest BCUT2D eigenvalue weighted by molar-refractivity contribution is -0.147. The Balaban J connectivity index is 1.73. The third-order valence-corrected chi connectivity index (χ3v) is 5.66. The maximum Gasteiger partial charge on any atom is 0.338 e. The molecule has 2 rings (SSSR count). The molecule has 0 heterocycles. The zero-order valence-electron chi connectivity index (χ0n) is 18.4. The Hall–Kier alpha value is -2.91. The predicted octanol–water partition coefficient (Wildman–Crippen LogP) is 4.88. The van der Waals surface area contributed by atoms with Crippen LogP contribution in [0.5, 0.6) is 0 Å². The predicted molar refractivity (Wildman–Crippen MR) is 128 cm³/mol. The van der Waals surface area contributed by atoms with Gasteiger partial charge in [-0.2, -0.15) is 0 Å². The van der Waals surface area contributed by atoms with Gasteiger partial charge < -0.3 is 20.1 Å². The van der Waals surface area contributed by atoms with Crippen molar-refractivity contribution < 1.29 is 28.7 Å². The van der Waals surface area contributed by atoms with Crippen LogP contribution in [0.25, 0.3) is 0 Å². The summed E-state index contributed by atoms with van der Waals surface area (Å²) in [6.45, 7) is 4.77. The van der Waals surface area contributed by atoms with Crippen molar-refractivity contribution in [2.45, 2.75) is 39.7 Å². The van der Waals surface area contributed by atoms with Crippen LogP contribution in [0.1, 0.15) is 42.6 Å². The van der Waals surface area contributed by atoms with Crippen molar-refractivity contribution in [3.63, 3.8) is 0 Å². The van der Waals surface area contributed by atoms with Gasteiger partial charge in [0, 0.05) is 22.3 Å². The first-order valence-electron chi connectivity index (χ1n) is 10.1. The highest BCUT2D eigenvalue weighted by atomic mass is 79.9. The number of anilines is 2. The molecule has 33 heavy (non-hydrogen) atoms. The smallest absolute Gasteiger partial charge is 0.338 e. The molecule has 2 aromatic rings. The average molecular weight is 540 g/mol. The van der Waals surface area contributed by atoms with Crippen LogP contribution in [0.3, 0.4) is 0 Å². The maximum absolute atomic E-state index is 12.1. The van der Waals surface area contributed by atoms with Gasteiger partial charge >= 0.3 is 11.9 Å². The number of ether oxygens (including phenoxy) is 2. The summed E-state index contributed by atoms with van der Waals surface area (Å²) in [5.74, 6) is -2.06. The van der Waals surface area contributed by atoms with Crippen LogP contribution in [-0.4, -0.2) is 36.5 Å². The molecule has 8 nitrogen and oxygen atoms in total. The zero-order valence-corrected chi connectivity index (χ0v) is 20.7. The van der Waals surface area contributed by atoms with Crippen molar-refractivity contribution in [3.05, 3.63) is 57.0 Å². The Kier molecular flexibility index (Phi) is 9.87. The van der Waals surface area contributed by atoms with Crippen LogP contribution >= 0.6 is 27.5 Å². The number of benzene rings is 2. The Morgan fingerprint density at radius 1 is 0.970 bits per heavy atom. The van der Waals surface area contributed by atoms with Gasteiger partial charge in [0.15, 0.2) is 6.61 Å². The molecular weight excluding hydrogens is 516 g/mol. The molecule has 0 aromatic heterocycles. The fraction of sp³-hybridized carbons (Fsp3) is 0.304. The molecular formula is C23H24BrClN2O6. The molecule has 0 aliphatic rings. The molecule has 0 aliphatic heterocycles. The quantitative estimate of drug-likeness (QED) is 0.440. The van der Waals surface area contributed by atoms with Crippen molar-refractivity contribution in [3.8, 4) is 0 Å². The number of hydrogen-bond acceptors (Lipinski definition) is 6. The van der Waals surface area contributed by atoms with Gasteiger partial charge in [-0.3, -0.25) is 14.4 Å². The summed E-state index contributed by atoms with van der Waals surface area (Å²) in [5, 5.41) is 5.72. The number of carbonyl (C=O) groups excluding carboxylic acids is 4. The van der Waals surface area contributed by atoms with Gasteiger partial charge in [-0.15, -0.1) is 0 Å². The third kappa shape index (κ3) is 8.51. The highest BCUT2D eigenvalue weighted by Crippen LogP contribution is 2.30. The first-order valence-corrected chi connectivity index (χ1v) is 11.2. The average Bonchev–Trinajstić information content (AvgIpc) is 2.76. The highest BCUT2D eigenvalue weighted by molar-refractivity contribution is 9.10. The van der Waals surface area contributed by atoms with Crippen molar-refractivity contribution in [1.82, 2.24) is 0 Å². The molecule has 10 heteroatoms. The largest absolute Gasteiger partial charge is 0.459 e. The van der Waals surface area contributed by atoms with Crippen LogP contribution < -0.4 is 10.6 Å². The van der Waals surface area contributed by atoms with E-state index in [1.165, 1.54) is 12.1 Å². The monoisotopic (exact) mass is 538 g/mol. The first-order chi connectivity index (χ1) is 15.6. The molecule has 0 aliphatic carbocycles. The van der Waals surface area contributed by atoms with E-state index in [4.69, 9.17) is 21.1 Å². The van der Waals surface area contributed by atoms with Crippen LogP contribution in [-0.2, 0) is 23.9 Å². The van der Waals surface area contributed by atoms with Gasteiger partial charge in [-0.1, -0.05) is 11.6 Å². The summed E-state index contributed by atoms with van der Waals surface area (Å²) < 4.78 is 10.7. The minimum Gasteiger partial charge on any atom is -0.459 e. The van der Waals surface area contributed by atoms with E-state index in [-0.39, 0.29) is 18.9 Å². The Labute approximate surface area is 205 Å². The molecule has 0 spiro atoms. The van der Waals surface area contributed by atoms with Crippen LogP contribution in [0.15, 0.2) is 40.9 Å². The summed E-state index contributed by atoms with van der Waals surface area (Å²) in [6.07, 6.45) is -0.550. The first kappa shape index (κ1) is 26.3. The second-order valence-electron chi connectivity index (χ2n) is 7.32. The molecule has 2 amide bonds. The lowest BCUT2D eigenvalue weighted by Gasteiger charge is -2.11. The summed E-state index contributed by atoms with van der Waals surface area (Å²) >= 11 is 9.42. The van der Waals surface area contributed by atoms with Gasteiger partial charge in [0.2, 0.25) is 5.91 Å². The van der Waals surface area contributed by atoms with Crippen molar-refractivity contribution in [2.75, 3.05) is 17.2 Å². The molecule has 2 N–H and O–H groups in total. The minimum absolute atomic E-state index is 0.126. The molecule has 0 saturated carbocycles. The lowest BCUT2D eigenvalue weighted by atomic mass is 10.2. The molecule has 176 valence electrons. The van der Waals surface area contributed by atoms with Gasteiger partial charge in [0.1, 0.15) is 0 Å². The molecule has 0 fully saturated rings. The summed E-state index contributed by atoms with van der Waals surface area (Å²) in [5.41, 5.74) is 2.01. The summed E-state index contributed by atoms with van der Waals surface area (Å²) in [4.78, 5) is 47.8. The fourth-order valence-corrected chi connectivity index (χ4v) is 3.20. The number of amides is 2. The standard InChI is InChI=1S/C23H24BrClN2O6/c1-13(2)33-23(31)15-4-6-16(7-5-15)26-19(28)10-11-21(30)32-12-20(29)27-18-9-8-17(24)22(25)14(18)3/h4-9,13H,10-12H2,1-3H3,(H,26,28)(H,27,29). The van der Waals surface area contributed by atoms with Gasteiger partial charge in [0.25, 0.3) is 5.91 Å². The molecule has 0 bridgehead atoms. The number of rotatable bonds is 9. The SMILES string of the molecule is Cc1c(NC(=O)COC(=O)CCC(=O)Nc2ccc(C(=O)OC(C)C)cc2)ccc(Br)c1Cl. The number of nitrogens with one attached hydrogen (secondary N) is 2. The molecule has 0 unspecified atom stereocenters. The van der Waals surface area contributed by atoms with Crippen molar-refractivity contribution in [2.24, 2.45) is 0 Å². The Bertz CT molecular complexity index is 1040. The van der Waals surface area contributed by atoms with E-state index in [0.29, 0.717) is 32.0 Å². The van der Waals surface area contributed by atoms with Crippen LogP contribution in [0, 0.1) is 6.92 Å². The fourth-order valence-electron chi connectivity index (χ4n) is 2.60. The summed E-state index contributed by atoms with van der Waals surface area (Å²) in [6, 6.07) is 9.57. The topological polar surface area (TPSA) is 111 Å². The number of carbonyl (C=O) groups is 4. The van der Waals surface area contributed by atoms with E-state index in [0.717, 1.165) is 0 Å². The third-order valence-electron chi connectivity index (χ3n) is 4.28. The van der Waals surface area contributed by atoms with Gasteiger partial charge in [-0.05, 0) is 78.7 Å². The van der Waals surface area contributed by atoms with E-state index in [1.807, 2.05) is 0 Å². The van der Waals surface area contributed by atoms with E-state index >= 15 is 0 Å². The van der Waals surface area contributed by atoms with E-state index < -0.39 is 30.4 Å². The highest BCUT2D eigenvalue weighted by Gasteiger charge is 2.14. The summed E-state index contributed by atoms with van der Waals surface area (Å²) in [7, 11) is 0. The van der Waals surface area contributed by atoms with E-state index in [2.05, 4.69) is 26.6 Å². The van der Waals surface area contributed by atoms with E-state index in [9.17, 15) is 19.2 Å². The second kappa shape index (κ2) is 12.4. The maximum atomic E-state index is 12.1. The van der Waals surface area contributed by atoms with Gasteiger partial charge in [-0.25, -0.2) is 4.79 Å². The van der Waals surface area contributed by atoms with Crippen LogP contribution in [0.2, 0.25) is 5.02 Å². The molecule has 0 saturated heterocycles. The van der Waals surface area contributed by atoms with Gasteiger partial charge in [0.05, 0.1) is 23.1 Å². The van der Waals surface area contributed by atoms with Crippen molar-refractivity contribution in [1.29, 1.82) is 0 Å². The normalized spacial score (nSPS) is 10.5. The number of esters is 2. The number of hydrogen-bond donors (Lipinski definition) is 2. The second-order valence-corrected chi connectivity index (χ2v) is 8.55. The lowest BCUT2D eigenvalue weighted by Crippen LogP contribution is -2.22. The van der Waals surface area contributed by atoms with Crippen molar-refractivity contribution >= 4 is 62.7 Å².